The molecule has 0 radical (unpaired) electrons. The zero-order valence-corrected chi connectivity index (χ0v) is 24.3. The van der Waals surface area contributed by atoms with Crippen LogP contribution in [0.3, 0.4) is 0 Å². The molecule has 0 aromatic carbocycles. The van der Waals surface area contributed by atoms with Gasteiger partial charge in [-0.1, -0.05) is 20.8 Å². The molecule has 238 valence electrons. The second kappa shape index (κ2) is 15.0. The Morgan fingerprint density at radius 2 is 1.74 bits per heavy atom. The summed E-state index contributed by atoms with van der Waals surface area (Å²) in [7, 11) is 0. The number of ether oxygens (including phenoxy) is 3. The smallest absolute Gasteiger partial charge is 0.306 e. The molecule has 5 atom stereocenters. The second-order valence-electron chi connectivity index (χ2n) is 10.8. The second-order valence-corrected chi connectivity index (χ2v) is 10.8. The highest BCUT2D eigenvalue weighted by atomic mass is 16.6. The lowest BCUT2D eigenvalue weighted by Crippen LogP contribution is -2.47. The molecule has 43 heavy (non-hydrogen) atoms. The minimum Gasteiger partial charge on any atom is -0.465 e. The molecule has 17 heteroatoms. The van der Waals surface area contributed by atoms with Crippen molar-refractivity contribution in [2.24, 2.45) is 5.41 Å². The number of imidazole rings is 1. The minimum absolute atomic E-state index is 0.0382. The third kappa shape index (κ3) is 8.79. The SMILES string of the molecule is CCCNC(=O)CCNC(=O)[C@H](O)C(C)(C)COC(=O)CCC(=O)OC[C@@H]1O[C@H](n2cnc3c(N)ncnc32)[C@@H](O)[C@H]1O. The van der Waals surface area contributed by atoms with E-state index in [1.807, 2.05) is 6.92 Å². The Morgan fingerprint density at radius 1 is 1.05 bits per heavy atom. The monoisotopic (exact) mass is 609 g/mol. The molecule has 0 spiro atoms. The lowest BCUT2D eigenvalue weighted by Gasteiger charge is -2.29. The van der Waals surface area contributed by atoms with Crippen LogP contribution in [0.1, 0.15) is 52.7 Å². The van der Waals surface area contributed by atoms with Crippen molar-refractivity contribution < 1.29 is 48.7 Å². The molecule has 1 aliphatic heterocycles. The number of carbonyl (C=O) groups is 4. The molecule has 0 unspecified atom stereocenters. The van der Waals surface area contributed by atoms with Crippen molar-refractivity contribution in [2.75, 3.05) is 32.0 Å². The number of rotatable bonds is 15. The van der Waals surface area contributed by atoms with E-state index in [1.54, 1.807) is 0 Å². The van der Waals surface area contributed by atoms with Crippen LogP contribution in [0.4, 0.5) is 5.82 Å². The lowest BCUT2D eigenvalue weighted by molar-refractivity contribution is -0.157. The third-order valence-electron chi connectivity index (χ3n) is 6.76. The number of nitrogens with two attached hydrogens (primary N) is 1. The van der Waals surface area contributed by atoms with E-state index < -0.39 is 60.5 Å². The van der Waals surface area contributed by atoms with Crippen LogP contribution >= 0.6 is 0 Å². The van der Waals surface area contributed by atoms with Gasteiger partial charge in [-0.3, -0.25) is 23.7 Å². The molecule has 3 rings (SSSR count). The summed E-state index contributed by atoms with van der Waals surface area (Å²) in [6.07, 6.45) is -3.77. The Hall–Kier alpha value is -3.93. The number of anilines is 1. The first-order chi connectivity index (χ1) is 20.4. The predicted molar refractivity (Wildman–Crippen MR) is 148 cm³/mol. The molecule has 3 heterocycles. The first kappa shape index (κ1) is 33.6. The highest BCUT2D eigenvalue weighted by Crippen LogP contribution is 2.32. The maximum atomic E-state index is 12.3. The number of aliphatic hydroxyl groups is 3. The quantitative estimate of drug-likeness (QED) is 0.123. The standard InChI is InChI=1S/C26H39N7O10/c1-4-8-28-15(34)7-9-29-24(40)21(39)26(2,3)11-42-17(36)6-5-16(35)41-10-14-19(37)20(38)25(43-14)33-13-32-18-22(27)30-12-31-23(18)33/h12-14,19-21,25,37-39H,4-11H2,1-3H3,(H,28,34)(H,29,40)(H2,27,30,31)/t14-,19-,20-,21-,25-/m0/s1. The molecule has 1 saturated heterocycles. The zero-order chi connectivity index (χ0) is 31.7. The fraction of sp³-hybridized carbons (Fsp3) is 0.654. The Balaban J connectivity index is 1.38. The molecule has 2 amide bonds. The van der Waals surface area contributed by atoms with Crippen LogP contribution in [-0.4, -0.2) is 109 Å². The van der Waals surface area contributed by atoms with E-state index >= 15 is 0 Å². The number of hydrogen-bond acceptors (Lipinski definition) is 14. The number of carbonyl (C=O) groups excluding carboxylic acids is 4. The van der Waals surface area contributed by atoms with Crippen molar-refractivity contribution in [1.82, 2.24) is 30.2 Å². The molecule has 0 saturated carbocycles. The number of esters is 2. The Kier molecular flexibility index (Phi) is 11.7. The summed E-state index contributed by atoms with van der Waals surface area (Å²) >= 11 is 0. The summed E-state index contributed by atoms with van der Waals surface area (Å²) in [4.78, 5) is 60.3. The van der Waals surface area contributed by atoms with Crippen molar-refractivity contribution >= 4 is 40.7 Å². The topological polar surface area (TPSA) is 250 Å². The summed E-state index contributed by atoms with van der Waals surface area (Å²) in [5.41, 5.74) is 5.20. The Bertz CT molecular complexity index is 1290. The molecular formula is C26H39N7O10. The summed E-state index contributed by atoms with van der Waals surface area (Å²) in [6, 6.07) is 0. The number of hydrogen-bond donors (Lipinski definition) is 6. The average molecular weight is 610 g/mol. The van der Waals surface area contributed by atoms with Gasteiger partial charge in [-0.25, -0.2) is 15.0 Å². The normalized spacial score (nSPS) is 20.9. The lowest BCUT2D eigenvalue weighted by atomic mass is 9.87. The van der Waals surface area contributed by atoms with Gasteiger partial charge in [0, 0.05) is 24.9 Å². The van der Waals surface area contributed by atoms with Gasteiger partial charge in [0.15, 0.2) is 17.7 Å². The maximum Gasteiger partial charge on any atom is 0.306 e. The number of nitrogens with zero attached hydrogens (tertiary/aromatic N) is 4. The molecule has 0 aliphatic carbocycles. The largest absolute Gasteiger partial charge is 0.465 e. The number of aliphatic hydroxyl groups excluding tert-OH is 3. The molecule has 0 bridgehead atoms. The van der Waals surface area contributed by atoms with E-state index in [1.165, 1.54) is 31.1 Å². The van der Waals surface area contributed by atoms with Gasteiger partial charge < -0.3 is 45.9 Å². The Labute approximate surface area is 247 Å². The van der Waals surface area contributed by atoms with Crippen LogP contribution in [0, 0.1) is 5.41 Å². The van der Waals surface area contributed by atoms with E-state index in [2.05, 4.69) is 25.6 Å². The van der Waals surface area contributed by atoms with E-state index in [0.717, 1.165) is 6.42 Å². The van der Waals surface area contributed by atoms with Gasteiger partial charge in [0.1, 0.15) is 42.9 Å². The summed E-state index contributed by atoms with van der Waals surface area (Å²) in [5.74, 6) is -2.34. The van der Waals surface area contributed by atoms with Crippen molar-refractivity contribution in [3.8, 4) is 0 Å². The molecule has 17 nitrogen and oxygen atoms in total. The summed E-state index contributed by atoms with van der Waals surface area (Å²) in [6.45, 7) is 4.82. The van der Waals surface area contributed by atoms with Crippen LogP contribution in [0.15, 0.2) is 12.7 Å². The average Bonchev–Trinajstić information content (AvgIpc) is 3.53. The number of aromatic nitrogens is 4. The van der Waals surface area contributed by atoms with Gasteiger partial charge in [0.25, 0.3) is 0 Å². The molecule has 2 aromatic rings. The molecule has 1 fully saturated rings. The third-order valence-corrected chi connectivity index (χ3v) is 6.76. The van der Waals surface area contributed by atoms with Gasteiger partial charge in [-0.15, -0.1) is 0 Å². The van der Waals surface area contributed by atoms with Crippen LogP contribution in [0.5, 0.6) is 0 Å². The fourth-order valence-electron chi connectivity index (χ4n) is 4.13. The van der Waals surface area contributed by atoms with E-state index in [4.69, 9.17) is 19.9 Å². The van der Waals surface area contributed by atoms with E-state index in [0.29, 0.717) is 12.1 Å². The fourth-order valence-corrected chi connectivity index (χ4v) is 4.13. The predicted octanol–water partition coefficient (Wildman–Crippen LogP) is -1.69. The zero-order valence-electron chi connectivity index (χ0n) is 24.3. The summed E-state index contributed by atoms with van der Waals surface area (Å²) in [5, 5.41) is 36.5. The first-order valence-corrected chi connectivity index (χ1v) is 13.8. The van der Waals surface area contributed by atoms with Crippen molar-refractivity contribution in [1.29, 1.82) is 0 Å². The highest BCUT2D eigenvalue weighted by Gasteiger charge is 2.45. The number of nitrogens with one attached hydrogen (secondary N) is 2. The highest BCUT2D eigenvalue weighted by molar-refractivity contribution is 5.83. The van der Waals surface area contributed by atoms with Gasteiger partial charge in [-0.05, 0) is 6.42 Å². The van der Waals surface area contributed by atoms with Gasteiger partial charge in [-0.2, -0.15) is 0 Å². The molecule has 2 aromatic heterocycles. The molecular weight excluding hydrogens is 570 g/mol. The van der Waals surface area contributed by atoms with Crippen molar-refractivity contribution in [2.45, 2.75) is 77.1 Å². The molecule has 1 aliphatic rings. The minimum atomic E-state index is -1.52. The van der Waals surface area contributed by atoms with Crippen molar-refractivity contribution in [3.05, 3.63) is 12.7 Å². The Morgan fingerprint density at radius 3 is 2.44 bits per heavy atom. The first-order valence-electron chi connectivity index (χ1n) is 13.8. The molecule has 7 N–H and O–H groups in total. The van der Waals surface area contributed by atoms with Crippen LogP contribution in [-0.2, 0) is 33.4 Å². The van der Waals surface area contributed by atoms with Gasteiger partial charge in [0.05, 0.1) is 25.8 Å². The van der Waals surface area contributed by atoms with Crippen LogP contribution in [0.25, 0.3) is 11.2 Å². The number of amides is 2. The number of nitrogen functional groups attached to an aromatic ring is 1. The van der Waals surface area contributed by atoms with Crippen molar-refractivity contribution in [3.63, 3.8) is 0 Å². The van der Waals surface area contributed by atoms with Crippen LogP contribution in [0.2, 0.25) is 0 Å². The van der Waals surface area contributed by atoms with Gasteiger partial charge >= 0.3 is 11.9 Å². The van der Waals surface area contributed by atoms with E-state index in [9.17, 15) is 34.5 Å². The summed E-state index contributed by atoms with van der Waals surface area (Å²) < 4.78 is 17.4. The van der Waals surface area contributed by atoms with E-state index in [-0.39, 0.29) is 49.8 Å². The maximum absolute atomic E-state index is 12.3. The van der Waals surface area contributed by atoms with Crippen LogP contribution < -0.4 is 16.4 Å². The number of fused-ring (bicyclic) bond motifs is 1. The van der Waals surface area contributed by atoms with Gasteiger partial charge in [0.2, 0.25) is 11.8 Å².